The van der Waals surface area contributed by atoms with Crippen molar-refractivity contribution in [2.75, 3.05) is 0 Å². The molecule has 0 spiro atoms. The highest BCUT2D eigenvalue weighted by atomic mass is 19.1. The van der Waals surface area contributed by atoms with Crippen LogP contribution in [0.15, 0.2) is 18.2 Å². The third kappa shape index (κ3) is 1.77. The van der Waals surface area contributed by atoms with E-state index in [1.807, 2.05) is 0 Å². The van der Waals surface area contributed by atoms with Gasteiger partial charge in [-0.15, -0.1) is 0 Å². The molecule has 1 aromatic carbocycles. The van der Waals surface area contributed by atoms with Crippen LogP contribution in [0.4, 0.5) is 13.6 Å². The topological polar surface area (TPSA) is 38.3 Å². The number of ether oxygens (including phenoxy) is 1. The van der Waals surface area contributed by atoms with Crippen LogP contribution in [-0.2, 0) is 4.74 Å². The van der Waals surface area contributed by atoms with Gasteiger partial charge in [0, 0.05) is 11.6 Å². The van der Waals surface area contributed by atoms with Gasteiger partial charge >= 0.3 is 6.09 Å². The quantitative estimate of drug-likeness (QED) is 0.776. The highest BCUT2D eigenvalue weighted by molar-refractivity contribution is 5.70. The van der Waals surface area contributed by atoms with E-state index < -0.39 is 29.9 Å². The van der Waals surface area contributed by atoms with Crippen LogP contribution in [0.5, 0.6) is 0 Å². The SMILES string of the molecule is CC1OC(=O)NC1c1ccc(F)cc1F. The Balaban J connectivity index is 2.33. The molecule has 1 aliphatic heterocycles. The first kappa shape index (κ1) is 9.89. The lowest BCUT2D eigenvalue weighted by Gasteiger charge is -2.13. The molecule has 1 aliphatic rings. The van der Waals surface area contributed by atoms with Crippen molar-refractivity contribution in [3.63, 3.8) is 0 Å². The zero-order chi connectivity index (χ0) is 11.0. The molecule has 0 bridgehead atoms. The predicted octanol–water partition coefficient (Wildman–Crippen LogP) is 2.13. The average Bonchev–Trinajstić information content (AvgIpc) is 2.45. The summed E-state index contributed by atoms with van der Waals surface area (Å²) in [6.07, 6.45) is -1.05. The summed E-state index contributed by atoms with van der Waals surface area (Å²) in [4.78, 5) is 10.9. The standard InChI is InChI=1S/C10H9F2NO2/c1-5-9(13-10(14)15-5)7-3-2-6(11)4-8(7)12/h2-5,9H,1H3,(H,13,14). The Morgan fingerprint density at radius 3 is 2.67 bits per heavy atom. The second kappa shape index (κ2) is 3.49. The summed E-state index contributed by atoms with van der Waals surface area (Å²) >= 11 is 0. The summed E-state index contributed by atoms with van der Waals surface area (Å²) in [5, 5.41) is 2.46. The number of carbonyl (C=O) groups is 1. The van der Waals surface area contributed by atoms with Crippen LogP contribution in [0.2, 0.25) is 0 Å². The lowest BCUT2D eigenvalue weighted by molar-refractivity contribution is 0.141. The zero-order valence-electron chi connectivity index (χ0n) is 7.96. The molecule has 1 aromatic rings. The number of amides is 1. The van der Waals surface area contributed by atoms with Crippen molar-refractivity contribution in [1.82, 2.24) is 5.32 Å². The Morgan fingerprint density at radius 2 is 2.13 bits per heavy atom. The molecule has 15 heavy (non-hydrogen) atoms. The minimum atomic E-state index is -0.683. The molecule has 0 aliphatic carbocycles. The van der Waals surface area contributed by atoms with E-state index in [0.29, 0.717) is 0 Å². The van der Waals surface area contributed by atoms with Gasteiger partial charge in [-0.3, -0.25) is 0 Å². The number of cyclic esters (lactones) is 1. The lowest BCUT2D eigenvalue weighted by Crippen LogP contribution is -2.22. The number of hydrogen-bond donors (Lipinski definition) is 1. The predicted molar refractivity (Wildman–Crippen MR) is 48.2 cm³/mol. The van der Waals surface area contributed by atoms with Crippen LogP contribution >= 0.6 is 0 Å². The number of halogens is 2. The minimum absolute atomic E-state index is 0.231. The van der Waals surface area contributed by atoms with Crippen LogP contribution in [0.3, 0.4) is 0 Å². The van der Waals surface area contributed by atoms with E-state index in [1.165, 1.54) is 6.07 Å². The monoisotopic (exact) mass is 213 g/mol. The molecule has 5 heteroatoms. The Hall–Kier alpha value is -1.65. The molecule has 80 valence electrons. The molecule has 1 saturated heterocycles. The number of benzene rings is 1. The van der Waals surface area contributed by atoms with Gasteiger partial charge in [-0.1, -0.05) is 6.07 Å². The van der Waals surface area contributed by atoms with Crippen LogP contribution in [-0.4, -0.2) is 12.2 Å². The summed E-state index contributed by atoms with van der Waals surface area (Å²) in [6, 6.07) is 2.68. The number of hydrogen-bond acceptors (Lipinski definition) is 2. The largest absolute Gasteiger partial charge is 0.444 e. The molecule has 2 atom stereocenters. The van der Waals surface area contributed by atoms with Gasteiger partial charge in [0.25, 0.3) is 0 Å². The first-order chi connectivity index (χ1) is 7.08. The first-order valence-electron chi connectivity index (χ1n) is 4.50. The third-order valence-electron chi connectivity index (χ3n) is 2.33. The number of nitrogens with one attached hydrogen (secondary N) is 1. The van der Waals surface area contributed by atoms with Crippen LogP contribution < -0.4 is 5.32 Å². The Bertz CT molecular complexity index is 408. The van der Waals surface area contributed by atoms with Gasteiger partial charge in [-0.05, 0) is 13.0 Å². The summed E-state index contributed by atoms with van der Waals surface area (Å²) < 4.78 is 30.8. The highest BCUT2D eigenvalue weighted by Gasteiger charge is 2.33. The fourth-order valence-electron chi connectivity index (χ4n) is 1.60. The molecule has 1 fully saturated rings. The molecule has 0 saturated carbocycles. The van der Waals surface area contributed by atoms with E-state index >= 15 is 0 Å². The summed E-state index contributed by atoms with van der Waals surface area (Å²) in [5.74, 6) is -1.33. The molecule has 0 radical (unpaired) electrons. The van der Waals surface area contributed by atoms with Gasteiger partial charge in [0.2, 0.25) is 0 Å². The van der Waals surface area contributed by atoms with Gasteiger partial charge in [-0.25, -0.2) is 13.6 Å². The Kier molecular flexibility index (Phi) is 2.30. The number of carbonyl (C=O) groups excluding carboxylic acids is 1. The van der Waals surface area contributed by atoms with Crippen LogP contribution in [0, 0.1) is 11.6 Å². The average molecular weight is 213 g/mol. The lowest BCUT2D eigenvalue weighted by atomic mass is 10.0. The van der Waals surface area contributed by atoms with Crippen molar-refractivity contribution in [3.05, 3.63) is 35.4 Å². The van der Waals surface area contributed by atoms with E-state index in [4.69, 9.17) is 4.74 Å². The minimum Gasteiger partial charge on any atom is -0.444 e. The normalized spacial score (nSPS) is 24.9. The molecule has 3 nitrogen and oxygen atoms in total. The van der Waals surface area contributed by atoms with E-state index in [1.54, 1.807) is 6.92 Å². The van der Waals surface area contributed by atoms with E-state index in [2.05, 4.69) is 5.32 Å². The van der Waals surface area contributed by atoms with E-state index in [0.717, 1.165) is 12.1 Å². The van der Waals surface area contributed by atoms with Gasteiger partial charge in [-0.2, -0.15) is 0 Å². The van der Waals surface area contributed by atoms with Crippen molar-refractivity contribution >= 4 is 6.09 Å². The maximum Gasteiger partial charge on any atom is 0.408 e. The maximum absolute atomic E-state index is 13.4. The summed E-state index contributed by atoms with van der Waals surface area (Å²) in [6.45, 7) is 1.64. The summed E-state index contributed by atoms with van der Waals surface area (Å²) in [7, 11) is 0. The fourth-order valence-corrected chi connectivity index (χ4v) is 1.60. The second-order valence-corrected chi connectivity index (χ2v) is 3.40. The van der Waals surface area contributed by atoms with E-state index in [9.17, 15) is 13.6 Å². The maximum atomic E-state index is 13.4. The Morgan fingerprint density at radius 1 is 1.40 bits per heavy atom. The second-order valence-electron chi connectivity index (χ2n) is 3.40. The van der Waals surface area contributed by atoms with Gasteiger partial charge in [0.1, 0.15) is 17.7 Å². The molecule has 1 heterocycles. The van der Waals surface area contributed by atoms with Crippen molar-refractivity contribution in [2.24, 2.45) is 0 Å². The molecule has 2 unspecified atom stereocenters. The summed E-state index contributed by atoms with van der Waals surface area (Å²) in [5.41, 5.74) is 0.231. The molecular formula is C10H9F2NO2. The van der Waals surface area contributed by atoms with Crippen molar-refractivity contribution in [2.45, 2.75) is 19.1 Å². The molecule has 1 N–H and O–H groups in total. The van der Waals surface area contributed by atoms with Crippen LogP contribution in [0.1, 0.15) is 18.5 Å². The third-order valence-corrected chi connectivity index (χ3v) is 2.33. The van der Waals surface area contributed by atoms with Crippen LogP contribution in [0.25, 0.3) is 0 Å². The van der Waals surface area contributed by atoms with Crippen molar-refractivity contribution in [1.29, 1.82) is 0 Å². The van der Waals surface area contributed by atoms with Crippen molar-refractivity contribution in [3.8, 4) is 0 Å². The molecular weight excluding hydrogens is 204 g/mol. The fraction of sp³-hybridized carbons (Fsp3) is 0.300. The molecule has 0 aromatic heterocycles. The van der Waals surface area contributed by atoms with Gasteiger partial charge in [0.05, 0.1) is 6.04 Å². The Labute approximate surface area is 85.0 Å². The zero-order valence-corrected chi connectivity index (χ0v) is 7.96. The number of rotatable bonds is 1. The van der Waals surface area contributed by atoms with Gasteiger partial charge in [0.15, 0.2) is 0 Å². The smallest absolute Gasteiger partial charge is 0.408 e. The molecule has 1 amide bonds. The first-order valence-corrected chi connectivity index (χ1v) is 4.50. The van der Waals surface area contributed by atoms with E-state index in [-0.39, 0.29) is 5.56 Å². The highest BCUT2D eigenvalue weighted by Crippen LogP contribution is 2.26. The molecule has 2 rings (SSSR count). The van der Waals surface area contributed by atoms with Gasteiger partial charge < -0.3 is 10.1 Å². The number of alkyl carbamates (subject to hydrolysis) is 1. The van der Waals surface area contributed by atoms with Crippen molar-refractivity contribution < 1.29 is 18.3 Å².